The van der Waals surface area contributed by atoms with Crippen LogP contribution < -0.4 is 11.1 Å². The number of nitrogens with zero attached hydrogens (tertiary/aromatic N) is 2. The highest BCUT2D eigenvalue weighted by molar-refractivity contribution is 6.03. The molecule has 33 heavy (non-hydrogen) atoms. The smallest absolute Gasteiger partial charge is 0.247 e. The number of oxime groups is 1. The van der Waals surface area contributed by atoms with E-state index in [4.69, 9.17) is 10.6 Å². The number of hydrogen-bond donors (Lipinski definition) is 2. The van der Waals surface area contributed by atoms with E-state index in [9.17, 15) is 14.4 Å². The van der Waals surface area contributed by atoms with Crippen molar-refractivity contribution in [1.82, 2.24) is 4.90 Å². The molecule has 1 saturated heterocycles. The zero-order valence-electron chi connectivity index (χ0n) is 19.3. The lowest BCUT2D eigenvalue weighted by molar-refractivity contribution is -0.133. The van der Waals surface area contributed by atoms with Gasteiger partial charge in [-0.25, -0.2) is 0 Å². The molecule has 3 amide bonds. The van der Waals surface area contributed by atoms with E-state index < -0.39 is 17.6 Å². The number of nitrogens with one attached hydrogen (secondary N) is 1. The second-order valence-corrected chi connectivity index (χ2v) is 8.55. The molecule has 3 N–H and O–H groups in total. The van der Waals surface area contributed by atoms with Crippen molar-refractivity contribution in [3.8, 4) is 0 Å². The molecule has 3 rings (SSSR count). The predicted octanol–water partition coefficient (Wildman–Crippen LogP) is 3.29. The third-order valence-electron chi connectivity index (χ3n) is 5.88. The lowest BCUT2D eigenvalue weighted by Crippen LogP contribution is -2.43. The van der Waals surface area contributed by atoms with Gasteiger partial charge < -0.3 is 20.8 Å². The van der Waals surface area contributed by atoms with E-state index in [1.807, 2.05) is 37.3 Å². The van der Waals surface area contributed by atoms with E-state index in [2.05, 4.69) is 17.4 Å². The first kappa shape index (κ1) is 24.2. The number of anilines is 1. The summed E-state index contributed by atoms with van der Waals surface area (Å²) in [7, 11) is 0. The number of amides is 3. The topological polar surface area (TPSA) is 114 Å². The first-order valence-electron chi connectivity index (χ1n) is 11.4. The molecule has 1 aromatic carbocycles. The number of nitrogens with two attached hydrogens (primary N) is 1. The van der Waals surface area contributed by atoms with Gasteiger partial charge in [0.2, 0.25) is 17.7 Å². The fraction of sp³-hybridized carbons (Fsp3) is 0.440. The van der Waals surface area contributed by atoms with Gasteiger partial charge in [-0.1, -0.05) is 55.3 Å². The third-order valence-corrected chi connectivity index (χ3v) is 5.88. The lowest BCUT2D eigenvalue weighted by Gasteiger charge is -2.21. The first-order valence-corrected chi connectivity index (χ1v) is 11.4. The molecule has 1 spiro atoms. The number of carbonyl (C=O) groups excluding carboxylic acids is 3. The molecule has 0 radical (unpaired) electrons. The number of primary amides is 1. The number of likely N-dealkylation sites (tertiary alicyclic amines) is 1. The van der Waals surface area contributed by atoms with Crippen LogP contribution in [0.1, 0.15) is 57.9 Å². The molecule has 8 heteroatoms. The predicted molar refractivity (Wildman–Crippen MR) is 127 cm³/mol. The van der Waals surface area contributed by atoms with E-state index in [1.54, 1.807) is 12.2 Å². The SMILES string of the molecule is CC=CC=CC(=O)N1CC2(CC(c3cccc(NC(=O)CCCCC)c3)=NO2)CC1C(N)=O. The Morgan fingerprint density at radius 2 is 2.12 bits per heavy atom. The van der Waals surface area contributed by atoms with Crippen LogP contribution in [0.15, 0.2) is 53.7 Å². The van der Waals surface area contributed by atoms with E-state index in [0.29, 0.717) is 24.2 Å². The first-order chi connectivity index (χ1) is 15.9. The molecule has 0 aliphatic carbocycles. The highest BCUT2D eigenvalue weighted by Crippen LogP contribution is 2.39. The van der Waals surface area contributed by atoms with Gasteiger partial charge in [-0.2, -0.15) is 0 Å². The van der Waals surface area contributed by atoms with Gasteiger partial charge >= 0.3 is 0 Å². The summed E-state index contributed by atoms with van der Waals surface area (Å²) in [5.41, 5.74) is 7.02. The Morgan fingerprint density at radius 3 is 2.85 bits per heavy atom. The average Bonchev–Trinajstić information content (AvgIpc) is 3.38. The molecule has 0 aromatic heterocycles. The van der Waals surface area contributed by atoms with Crippen LogP contribution in [0.3, 0.4) is 0 Å². The Kier molecular flexibility index (Phi) is 8.03. The van der Waals surface area contributed by atoms with Gasteiger partial charge in [0, 0.05) is 36.6 Å². The van der Waals surface area contributed by atoms with Gasteiger partial charge in [0.25, 0.3) is 0 Å². The van der Waals surface area contributed by atoms with Gasteiger partial charge in [-0.3, -0.25) is 14.4 Å². The maximum Gasteiger partial charge on any atom is 0.247 e. The second-order valence-electron chi connectivity index (χ2n) is 8.55. The van der Waals surface area contributed by atoms with Crippen LogP contribution in [-0.4, -0.2) is 46.5 Å². The maximum absolute atomic E-state index is 12.6. The number of unbranched alkanes of at least 4 members (excludes halogenated alkanes) is 2. The van der Waals surface area contributed by atoms with Crippen LogP contribution in [0.2, 0.25) is 0 Å². The van der Waals surface area contributed by atoms with Gasteiger partial charge in [-0.15, -0.1) is 0 Å². The Bertz CT molecular complexity index is 984. The van der Waals surface area contributed by atoms with Crippen LogP contribution in [0, 0.1) is 0 Å². The Hall–Kier alpha value is -3.42. The maximum atomic E-state index is 12.6. The van der Waals surface area contributed by atoms with Gasteiger partial charge in [0.05, 0.1) is 12.3 Å². The van der Waals surface area contributed by atoms with Gasteiger partial charge in [-0.05, 0) is 25.5 Å². The number of allylic oxidation sites excluding steroid dienone is 3. The molecule has 2 atom stereocenters. The fourth-order valence-electron chi connectivity index (χ4n) is 4.18. The standard InChI is InChI=1S/C25H32N4O4/c1-3-5-7-12-22(30)27-19-11-9-10-18(14-19)20-15-25(33-28-20)16-21(24(26)32)29(17-25)23(31)13-8-6-4-2/h4,6,8-11,13-14,21H,3,5,7,12,15-17H2,1-2H3,(H2,26,32)(H,27,30). The largest absolute Gasteiger partial charge is 0.387 e. The van der Waals surface area contributed by atoms with Crippen molar-refractivity contribution in [1.29, 1.82) is 0 Å². The molecule has 8 nitrogen and oxygen atoms in total. The Balaban J connectivity index is 1.68. The average molecular weight is 453 g/mol. The van der Waals surface area contributed by atoms with E-state index >= 15 is 0 Å². The summed E-state index contributed by atoms with van der Waals surface area (Å²) < 4.78 is 0. The number of carbonyl (C=O) groups is 3. The minimum Gasteiger partial charge on any atom is -0.387 e. The normalized spacial score (nSPS) is 22.2. The number of rotatable bonds is 9. The summed E-state index contributed by atoms with van der Waals surface area (Å²) in [6.07, 6.45) is 10.8. The Labute approximate surface area is 194 Å². The van der Waals surface area contributed by atoms with Gasteiger partial charge in [0.15, 0.2) is 5.60 Å². The summed E-state index contributed by atoms with van der Waals surface area (Å²) in [5, 5.41) is 7.20. The van der Waals surface area contributed by atoms with Crippen molar-refractivity contribution < 1.29 is 19.2 Å². The minimum atomic E-state index is -0.793. The summed E-state index contributed by atoms with van der Waals surface area (Å²) in [5.74, 6) is -0.870. The van der Waals surface area contributed by atoms with Crippen molar-refractivity contribution in [3.05, 3.63) is 54.1 Å². The molecular formula is C25H32N4O4. The van der Waals surface area contributed by atoms with Crippen LogP contribution in [0.25, 0.3) is 0 Å². The van der Waals surface area contributed by atoms with Crippen molar-refractivity contribution >= 4 is 29.1 Å². The molecule has 1 aromatic rings. The number of hydrogen-bond acceptors (Lipinski definition) is 5. The van der Waals surface area contributed by atoms with Crippen molar-refractivity contribution in [2.45, 2.75) is 64.0 Å². The quantitative estimate of drug-likeness (QED) is 0.340. The van der Waals surface area contributed by atoms with E-state index in [1.165, 1.54) is 11.0 Å². The molecular weight excluding hydrogens is 420 g/mol. The third kappa shape index (κ3) is 6.09. The van der Waals surface area contributed by atoms with E-state index in [-0.39, 0.29) is 24.8 Å². The fourth-order valence-corrected chi connectivity index (χ4v) is 4.18. The second kappa shape index (κ2) is 10.9. The molecule has 2 aliphatic rings. The molecule has 176 valence electrons. The van der Waals surface area contributed by atoms with Crippen molar-refractivity contribution in [2.75, 3.05) is 11.9 Å². The Morgan fingerprint density at radius 1 is 1.30 bits per heavy atom. The van der Waals surface area contributed by atoms with Crippen LogP contribution in [0.4, 0.5) is 5.69 Å². The highest BCUT2D eigenvalue weighted by Gasteiger charge is 2.52. The zero-order chi connectivity index (χ0) is 23.8. The summed E-state index contributed by atoms with van der Waals surface area (Å²) in [6, 6.07) is 6.70. The summed E-state index contributed by atoms with van der Waals surface area (Å²) >= 11 is 0. The van der Waals surface area contributed by atoms with Crippen molar-refractivity contribution in [2.24, 2.45) is 10.9 Å². The summed E-state index contributed by atoms with van der Waals surface area (Å²) in [4.78, 5) is 44.1. The summed E-state index contributed by atoms with van der Waals surface area (Å²) in [6.45, 7) is 4.18. The molecule has 1 fully saturated rings. The van der Waals surface area contributed by atoms with Gasteiger partial charge in [0.1, 0.15) is 6.04 Å². The number of benzene rings is 1. The van der Waals surface area contributed by atoms with Crippen molar-refractivity contribution in [3.63, 3.8) is 0 Å². The van der Waals surface area contributed by atoms with Crippen LogP contribution in [-0.2, 0) is 19.2 Å². The molecule has 0 bridgehead atoms. The molecule has 2 heterocycles. The minimum absolute atomic E-state index is 0.0121. The highest BCUT2D eigenvalue weighted by atomic mass is 16.7. The molecule has 2 unspecified atom stereocenters. The van der Waals surface area contributed by atoms with Crippen LogP contribution in [0.5, 0.6) is 0 Å². The molecule has 0 saturated carbocycles. The van der Waals surface area contributed by atoms with E-state index in [0.717, 1.165) is 24.8 Å². The lowest BCUT2D eigenvalue weighted by atomic mass is 9.91. The zero-order valence-corrected chi connectivity index (χ0v) is 19.3. The van der Waals surface area contributed by atoms with Crippen LogP contribution >= 0.6 is 0 Å². The monoisotopic (exact) mass is 452 g/mol. The molecule has 2 aliphatic heterocycles.